The van der Waals surface area contributed by atoms with Crippen molar-refractivity contribution in [1.29, 1.82) is 0 Å². The highest BCUT2D eigenvalue weighted by Gasteiger charge is 2.03. The number of hydrogen-bond acceptors (Lipinski definition) is 2. The van der Waals surface area contributed by atoms with Crippen molar-refractivity contribution in [3.63, 3.8) is 0 Å². The molecule has 0 aliphatic rings. The van der Waals surface area contributed by atoms with E-state index in [1.807, 2.05) is 17.1 Å². The van der Waals surface area contributed by atoms with Crippen LogP contribution >= 0.6 is 27.7 Å². The Kier molecular flexibility index (Phi) is 2.80. The predicted octanol–water partition coefficient (Wildman–Crippen LogP) is 2.39. The van der Waals surface area contributed by atoms with Gasteiger partial charge in [-0.05, 0) is 29.1 Å². The van der Waals surface area contributed by atoms with Gasteiger partial charge < -0.3 is 0 Å². The third kappa shape index (κ3) is 1.37. The molecule has 0 spiro atoms. The minimum atomic E-state index is 0.918. The Morgan fingerprint density at radius 3 is 2.80 bits per heavy atom. The molecule has 0 saturated heterocycles. The van der Waals surface area contributed by atoms with E-state index in [0.29, 0.717) is 0 Å². The molecule has 0 atom stereocenters. The van der Waals surface area contributed by atoms with E-state index in [9.17, 15) is 0 Å². The maximum atomic E-state index is 4.15. The molecule has 0 N–H and O–H groups in total. The third-order valence-electron chi connectivity index (χ3n) is 1.26. The smallest absolute Gasteiger partial charge is 0.117 e. The molecule has 0 unspecified atom stereocenters. The van der Waals surface area contributed by atoms with Gasteiger partial charge in [-0.3, -0.25) is 4.68 Å². The zero-order valence-corrected chi connectivity index (χ0v) is 8.37. The van der Waals surface area contributed by atoms with Crippen LogP contribution in [0, 0.1) is 0 Å². The second-order valence-corrected chi connectivity index (χ2v) is 3.42. The number of aromatic nitrogens is 2. The number of halogens is 1. The van der Waals surface area contributed by atoms with Crippen LogP contribution in [0.15, 0.2) is 15.7 Å². The summed E-state index contributed by atoms with van der Waals surface area (Å²) in [4.78, 5) is 1.20. The molecular formula is C6H9BrN2S. The van der Waals surface area contributed by atoms with Crippen LogP contribution in [0.2, 0.25) is 0 Å². The van der Waals surface area contributed by atoms with Gasteiger partial charge in [0.2, 0.25) is 0 Å². The van der Waals surface area contributed by atoms with Crippen molar-refractivity contribution >= 4 is 27.7 Å². The zero-order chi connectivity index (χ0) is 7.56. The van der Waals surface area contributed by atoms with E-state index in [4.69, 9.17) is 0 Å². The molecule has 0 aromatic carbocycles. The molecule has 1 heterocycles. The molecule has 1 aromatic heterocycles. The van der Waals surface area contributed by atoms with E-state index in [1.54, 1.807) is 11.8 Å². The summed E-state index contributed by atoms with van der Waals surface area (Å²) in [5.41, 5.74) is 0. The van der Waals surface area contributed by atoms with E-state index < -0.39 is 0 Å². The average molecular weight is 221 g/mol. The molecule has 0 fully saturated rings. The Labute approximate surface area is 73.1 Å². The van der Waals surface area contributed by atoms with Crippen LogP contribution in [0.1, 0.15) is 6.92 Å². The van der Waals surface area contributed by atoms with Gasteiger partial charge in [0.1, 0.15) is 4.60 Å². The summed E-state index contributed by atoms with van der Waals surface area (Å²) >= 11 is 5.15. The van der Waals surface area contributed by atoms with Gasteiger partial charge in [0, 0.05) is 6.54 Å². The molecule has 56 valence electrons. The fraction of sp³-hybridized carbons (Fsp3) is 0.500. The molecule has 0 saturated carbocycles. The maximum absolute atomic E-state index is 4.15. The number of hydrogen-bond donors (Lipinski definition) is 0. The molecule has 1 rings (SSSR count). The first-order chi connectivity index (χ1) is 4.79. The van der Waals surface area contributed by atoms with Crippen LogP contribution in [0.4, 0.5) is 0 Å². The number of aryl methyl sites for hydroxylation is 1. The van der Waals surface area contributed by atoms with Crippen molar-refractivity contribution in [2.45, 2.75) is 18.4 Å². The van der Waals surface area contributed by atoms with E-state index in [2.05, 4.69) is 28.0 Å². The lowest BCUT2D eigenvalue weighted by atomic mass is 10.7. The van der Waals surface area contributed by atoms with Crippen molar-refractivity contribution in [1.82, 2.24) is 9.78 Å². The first-order valence-corrected chi connectivity index (χ1v) is 5.06. The minimum Gasteiger partial charge on any atom is -0.258 e. The zero-order valence-electron chi connectivity index (χ0n) is 5.97. The van der Waals surface area contributed by atoms with Gasteiger partial charge in [-0.2, -0.15) is 5.10 Å². The topological polar surface area (TPSA) is 17.8 Å². The van der Waals surface area contributed by atoms with Gasteiger partial charge in [-0.15, -0.1) is 11.8 Å². The third-order valence-corrected chi connectivity index (χ3v) is 3.10. The predicted molar refractivity (Wildman–Crippen MR) is 47.4 cm³/mol. The molecule has 1 aromatic rings. The lowest BCUT2D eigenvalue weighted by Crippen LogP contribution is -1.95. The highest BCUT2D eigenvalue weighted by atomic mass is 79.9. The fourth-order valence-electron chi connectivity index (χ4n) is 0.711. The van der Waals surface area contributed by atoms with Gasteiger partial charge in [-0.25, -0.2) is 0 Å². The first-order valence-electron chi connectivity index (χ1n) is 3.05. The van der Waals surface area contributed by atoms with E-state index in [1.165, 1.54) is 4.90 Å². The summed E-state index contributed by atoms with van der Waals surface area (Å²) < 4.78 is 3.01. The summed E-state index contributed by atoms with van der Waals surface area (Å²) in [5.74, 6) is 0. The van der Waals surface area contributed by atoms with Crippen molar-refractivity contribution in [3.05, 3.63) is 10.8 Å². The Morgan fingerprint density at radius 1 is 1.80 bits per heavy atom. The lowest BCUT2D eigenvalue weighted by molar-refractivity contribution is 0.643. The summed E-state index contributed by atoms with van der Waals surface area (Å²) in [6.45, 7) is 2.99. The van der Waals surface area contributed by atoms with E-state index in [0.717, 1.165) is 11.1 Å². The molecule has 2 nitrogen and oxygen atoms in total. The summed E-state index contributed by atoms with van der Waals surface area (Å²) in [6, 6.07) is 0. The summed E-state index contributed by atoms with van der Waals surface area (Å²) in [5, 5.41) is 4.15. The van der Waals surface area contributed by atoms with Crippen molar-refractivity contribution in [2.24, 2.45) is 0 Å². The quantitative estimate of drug-likeness (QED) is 0.713. The van der Waals surface area contributed by atoms with Crippen molar-refractivity contribution < 1.29 is 0 Å². The molecular weight excluding hydrogens is 212 g/mol. The van der Waals surface area contributed by atoms with E-state index in [-0.39, 0.29) is 0 Å². The minimum absolute atomic E-state index is 0.918. The van der Waals surface area contributed by atoms with Gasteiger partial charge in [-0.1, -0.05) is 0 Å². The first kappa shape index (κ1) is 8.14. The summed E-state index contributed by atoms with van der Waals surface area (Å²) in [6.07, 6.45) is 3.92. The Hall–Kier alpha value is 0.0400. The second-order valence-electron chi connectivity index (χ2n) is 1.82. The highest BCUT2D eigenvalue weighted by Crippen LogP contribution is 2.24. The Bertz CT molecular complexity index is 200. The number of rotatable bonds is 2. The SMILES string of the molecule is CCn1ncc(SC)c1Br. The monoisotopic (exact) mass is 220 g/mol. The molecule has 0 radical (unpaired) electrons. The van der Waals surface area contributed by atoms with E-state index >= 15 is 0 Å². The molecule has 0 amide bonds. The van der Waals surface area contributed by atoms with Crippen LogP contribution in [-0.4, -0.2) is 16.0 Å². The van der Waals surface area contributed by atoms with Crippen molar-refractivity contribution in [3.8, 4) is 0 Å². The Balaban J connectivity index is 2.97. The average Bonchev–Trinajstić information content (AvgIpc) is 2.30. The Morgan fingerprint density at radius 2 is 2.50 bits per heavy atom. The van der Waals surface area contributed by atoms with Gasteiger partial charge >= 0.3 is 0 Å². The molecule has 0 bridgehead atoms. The fourth-order valence-corrected chi connectivity index (χ4v) is 2.07. The molecule has 0 aliphatic carbocycles. The van der Waals surface area contributed by atoms with Crippen molar-refractivity contribution in [2.75, 3.05) is 6.26 Å². The maximum Gasteiger partial charge on any atom is 0.117 e. The van der Waals surface area contributed by atoms with Crippen LogP contribution < -0.4 is 0 Å². The lowest BCUT2D eigenvalue weighted by Gasteiger charge is -1.96. The molecule has 4 heteroatoms. The standard InChI is InChI=1S/C6H9BrN2S/c1-3-9-6(7)5(10-2)4-8-9/h4H,3H2,1-2H3. The largest absolute Gasteiger partial charge is 0.258 e. The van der Waals surface area contributed by atoms with Crippen LogP contribution in [-0.2, 0) is 6.54 Å². The molecule has 10 heavy (non-hydrogen) atoms. The van der Waals surface area contributed by atoms with Gasteiger partial charge in [0.25, 0.3) is 0 Å². The number of nitrogens with zero attached hydrogens (tertiary/aromatic N) is 2. The van der Waals surface area contributed by atoms with Crippen LogP contribution in [0.5, 0.6) is 0 Å². The second kappa shape index (κ2) is 3.44. The van der Waals surface area contributed by atoms with Gasteiger partial charge in [0.15, 0.2) is 0 Å². The number of thioether (sulfide) groups is 1. The van der Waals surface area contributed by atoms with Crippen LogP contribution in [0.25, 0.3) is 0 Å². The van der Waals surface area contributed by atoms with Crippen LogP contribution in [0.3, 0.4) is 0 Å². The highest BCUT2D eigenvalue weighted by molar-refractivity contribution is 9.10. The van der Waals surface area contributed by atoms with Gasteiger partial charge in [0.05, 0.1) is 11.1 Å². The summed E-state index contributed by atoms with van der Waals surface area (Å²) in [7, 11) is 0. The molecule has 0 aliphatic heterocycles. The normalized spacial score (nSPS) is 10.3.